The Morgan fingerprint density at radius 2 is 2.04 bits per heavy atom. The molecule has 1 heterocycles. The molecule has 2 rings (SSSR count). The first-order chi connectivity index (χ1) is 11.6. The minimum Gasteiger partial charge on any atom is -0.504 e. The van der Waals surface area contributed by atoms with Crippen LogP contribution in [-0.4, -0.2) is 35.1 Å². The number of aromatic hydroxyl groups is 1. The van der Waals surface area contributed by atoms with Gasteiger partial charge in [0, 0.05) is 25.5 Å². The second-order valence-corrected chi connectivity index (χ2v) is 5.42. The van der Waals surface area contributed by atoms with Crippen molar-refractivity contribution in [2.45, 2.75) is 19.4 Å². The highest BCUT2D eigenvalue weighted by atomic mass is 16.5. The highest BCUT2D eigenvalue weighted by molar-refractivity contribution is 5.92. The van der Waals surface area contributed by atoms with Crippen molar-refractivity contribution in [3.63, 3.8) is 0 Å². The molecule has 1 atom stereocenters. The highest BCUT2D eigenvalue weighted by Crippen LogP contribution is 2.27. The smallest absolute Gasteiger partial charge is 0.246 e. The standard InChI is InChI=1S/C19H22N2O3/c1-4-16(15-9-11-20-12-10-15)21(2)19(23)8-6-14-5-7-18(24-3)17(22)13-14/h5-13,16,22H,4H2,1-3H3/b8-6+/t16-/m0/s1. The minimum atomic E-state index is -0.103. The maximum Gasteiger partial charge on any atom is 0.246 e. The number of hydrogen-bond acceptors (Lipinski definition) is 4. The predicted molar refractivity (Wildman–Crippen MR) is 93.7 cm³/mol. The molecule has 1 N–H and O–H groups in total. The number of benzene rings is 1. The maximum absolute atomic E-state index is 12.4. The zero-order chi connectivity index (χ0) is 17.5. The summed E-state index contributed by atoms with van der Waals surface area (Å²) < 4.78 is 5.00. The number of hydrogen-bond donors (Lipinski definition) is 1. The first-order valence-corrected chi connectivity index (χ1v) is 7.78. The monoisotopic (exact) mass is 326 g/mol. The molecule has 1 aromatic carbocycles. The third-order valence-corrected chi connectivity index (χ3v) is 3.91. The van der Waals surface area contributed by atoms with Gasteiger partial charge in [-0.1, -0.05) is 13.0 Å². The zero-order valence-electron chi connectivity index (χ0n) is 14.1. The van der Waals surface area contributed by atoms with E-state index in [1.165, 1.54) is 13.2 Å². The van der Waals surface area contributed by atoms with E-state index in [9.17, 15) is 9.90 Å². The number of nitrogens with zero attached hydrogens (tertiary/aromatic N) is 2. The van der Waals surface area contributed by atoms with E-state index >= 15 is 0 Å². The molecule has 1 aromatic heterocycles. The van der Waals surface area contributed by atoms with Crippen molar-refractivity contribution < 1.29 is 14.6 Å². The molecule has 126 valence electrons. The van der Waals surface area contributed by atoms with E-state index in [0.29, 0.717) is 5.75 Å². The van der Waals surface area contributed by atoms with Crippen molar-refractivity contribution in [1.29, 1.82) is 0 Å². The van der Waals surface area contributed by atoms with E-state index in [2.05, 4.69) is 4.98 Å². The number of phenolic OH excluding ortho intramolecular Hbond substituents is 1. The number of aromatic nitrogens is 1. The number of phenols is 1. The molecule has 0 aliphatic heterocycles. The summed E-state index contributed by atoms with van der Waals surface area (Å²) in [5.41, 5.74) is 1.78. The molecule has 0 bridgehead atoms. The Balaban J connectivity index is 2.11. The maximum atomic E-state index is 12.4. The fourth-order valence-corrected chi connectivity index (χ4v) is 2.57. The number of likely N-dealkylation sites (N-methyl/N-ethyl adjacent to an activating group) is 1. The fraction of sp³-hybridized carbons (Fsp3) is 0.263. The molecule has 0 unspecified atom stereocenters. The van der Waals surface area contributed by atoms with Crippen LogP contribution < -0.4 is 4.74 Å². The van der Waals surface area contributed by atoms with Crippen LogP contribution in [0.5, 0.6) is 11.5 Å². The molecule has 1 amide bonds. The Morgan fingerprint density at radius 3 is 2.62 bits per heavy atom. The van der Waals surface area contributed by atoms with Gasteiger partial charge < -0.3 is 14.7 Å². The number of carbonyl (C=O) groups is 1. The van der Waals surface area contributed by atoms with Crippen molar-refractivity contribution >= 4 is 12.0 Å². The van der Waals surface area contributed by atoms with Crippen LogP contribution in [0.25, 0.3) is 6.08 Å². The van der Waals surface area contributed by atoms with Gasteiger partial charge in [0.2, 0.25) is 5.91 Å². The molecule has 24 heavy (non-hydrogen) atoms. The van der Waals surface area contributed by atoms with Gasteiger partial charge in [-0.25, -0.2) is 0 Å². The van der Waals surface area contributed by atoms with Crippen molar-refractivity contribution in [3.8, 4) is 11.5 Å². The van der Waals surface area contributed by atoms with Crippen LogP contribution in [0.1, 0.15) is 30.5 Å². The van der Waals surface area contributed by atoms with E-state index in [-0.39, 0.29) is 17.7 Å². The minimum absolute atomic E-state index is 0.00517. The molecule has 0 aliphatic rings. The summed E-state index contributed by atoms with van der Waals surface area (Å²) in [6.45, 7) is 2.04. The average molecular weight is 326 g/mol. The SMILES string of the molecule is CC[C@@H](c1ccncc1)N(C)C(=O)/C=C/c1ccc(OC)c(O)c1. The number of rotatable bonds is 6. The van der Waals surface area contributed by atoms with E-state index in [1.807, 2.05) is 19.1 Å². The molecule has 2 aromatic rings. The summed E-state index contributed by atoms with van der Waals surface area (Å²) in [6, 6.07) is 8.83. The number of ether oxygens (including phenoxy) is 1. The van der Waals surface area contributed by atoms with Crippen molar-refractivity contribution in [2.24, 2.45) is 0 Å². The molecule has 0 fully saturated rings. The lowest BCUT2D eigenvalue weighted by Crippen LogP contribution is -2.29. The zero-order valence-corrected chi connectivity index (χ0v) is 14.1. The van der Waals surface area contributed by atoms with E-state index < -0.39 is 0 Å². The molecular formula is C19H22N2O3. The van der Waals surface area contributed by atoms with Crippen molar-refractivity contribution in [1.82, 2.24) is 9.88 Å². The molecule has 0 aliphatic carbocycles. The average Bonchev–Trinajstić information content (AvgIpc) is 2.61. The highest BCUT2D eigenvalue weighted by Gasteiger charge is 2.18. The van der Waals surface area contributed by atoms with E-state index in [0.717, 1.165) is 17.5 Å². The van der Waals surface area contributed by atoms with E-state index in [1.54, 1.807) is 48.6 Å². The fourth-order valence-electron chi connectivity index (χ4n) is 2.57. The predicted octanol–water partition coefficient (Wildman–Crippen LogP) is 3.42. The Labute approximate surface area is 142 Å². The van der Waals surface area contributed by atoms with Gasteiger partial charge in [-0.3, -0.25) is 9.78 Å². The summed E-state index contributed by atoms with van der Waals surface area (Å²) in [5.74, 6) is 0.344. The van der Waals surface area contributed by atoms with Crippen LogP contribution in [-0.2, 0) is 4.79 Å². The van der Waals surface area contributed by atoms with Gasteiger partial charge in [-0.05, 0) is 47.9 Å². The van der Waals surface area contributed by atoms with Crippen LogP contribution >= 0.6 is 0 Å². The number of pyridine rings is 1. The van der Waals surface area contributed by atoms with Gasteiger partial charge >= 0.3 is 0 Å². The summed E-state index contributed by atoms with van der Waals surface area (Å²) in [6.07, 6.45) is 7.45. The molecule has 0 radical (unpaired) electrons. The molecule has 5 nitrogen and oxygen atoms in total. The normalized spacial score (nSPS) is 12.1. The Bertz CT molecular complexity index is 714. The largest absolute Gasteiger partial charge is 0.504 e. The quantitative estimate of drug-likeness (QED) is 0.826. The number of carbonyl (C=O) groups excluding carboxylic acids is 1. The van der Waals surface area contributed by atoms with Gasteiger partial charge in [0.05, 0.1) is 13.2 Å². The van der Waals surface area contributed by atoms with Gasteiger partial charge in [-0.2, -0.15) is 0 Å². The van der Waals surface area contributed by atoms with Crippen LogP contribution in [0, 0.1) is 0 Å². The van der Waals surface area contributed by atoms with E-state index in [4.69, 9.17) is 4.74 Å². The summed E-state index contributed by atoms with van der Waals surface area (Å²) in [7, 11) is 3.28. The topological polar surface area (TPSA) is 62.7 Å². The number of amides is 1. The summed E-state index contributed by atoms with van der Waals surface area (Å²) >= 11 is 0. The number of methoxy groups -OCH3 is 1. The van der Waals surface area contributed by atoms with Crippen molar-refractivity contribution in [3.05, 3.63) is 59.9 Å². The summed E-state index contributed by atoms with van der Waals surface area (Å²) in [4.78, 5) is 18.2. The lowest BCUT2D eigenvalue weighted by atomic mass is 10.0. The second kappa shape index (κ2) is 8.15. The van der Waals surface area contributed by atoms with Gasteiger partial charge in [0.25, 0.3) is 0 Å². The first-order valence-electron chi connectivity index (χ1n) is 7.78. The Morgan fingerprint density at radius 1 is 1.33 bits per heavy atom. The van der Waals surface area contributed by atoms with Crippen molar-refractivity contribution in [2.75, 3.05) is 14.2 Å². The Hall–Kier alpha value is -2.82. The molecular weight excluding hydrogens is 304 g/mol. The third-order valence-electron chi connectivity index (χ3n) is 3.91. The van der Waals surface area contributed by atoms with Crippen LogP contribution in [0.15, 0.2) is 48.8 Å². The lowest BCUT2D eigenvalue weighted by Gasteiger charge is -2.26. The molecule has 0 saturated heterocycles. The summed E-state index contributed by atoms with van der Waals surface area (Å²) in [5, 5.41) is 9.78. The van der Waals surface area contributed by atoms with Gasteiger partial charge in [-0.15, -0.1) is 0 Å². The van der Waals surface area contributed by atoms with Crippen LogP contribution in [0.3, 0.4) is 0 Å². The first kappa shape index (κ1) is 17.5. The second-order valence-electron chi connectivity index (χ2n) is 5.42. The van der Waals surface area contributed by atoms with Crippen LogP contribution in [0.4, 0.5) is 0 Å². The van der Waals surface area contributed by atoms with Crippen LogP contribution in [0.2, 0.25) is 0 Å². The molecule has 5 heteroatoms. The molecule has 0 saturated carbocycles. The molecule has 0 spiro atoms. The Kier molecular flexibility index (Phi) is 5.95. The lowest BCUT2D eigenvalue weighted by molar-refractivity contribution is -0.126. The van der Waals surface area contributed by atoms with Gasteiger partial charge in [0.1, 0.15) is 0 Å². The third kappa shape index (κ3) is 4.13. The van der Waals surface area contributed by atoms with Gasteiger partial charge in [0.15, 0.2) is 11.5 Å².